The highest BCUT2D eigenvalue weighted by atomic mass is 32.1. The van der Waals surface area contributed by atoms with E-state index in [1.807, 2.05) is 29.6 Å². The Morgan fingerprint density at radius 2 is 2.05 bits per heavy atom. The molecule has 1 unspecified atom stereocenters. The number of alkyl halides is 3. The van der Waals surface area contributed by atoms with Crippen LogP contribution in [0.3, 0.4) is 0 Å². The average molecular weight is 304 g/mol. The van der Waals surface area contributed by atoms with E-state index in [0.717, 1.165) is 15.6 Å². The molecule has 2 rings (SSSR count). The molecule has 0 aliphatic heterocycles. The first-order chi connectivity index (χ1) is 9.49. The topological polar surface area (TPSA) is 47.3 Å². The maximum atomic E-state index is 12.0. The van der Waals surface area contributed by atoms with Gasteiger partial charge in [-0.25, -0.2) is 0 Å². The highest BCUT2D eigenvalue weighted by molar-refractivity contribution is 7.17. The zero-order chi connectivity index (χ0) is 14.6. The average Bonchev–Trinajstić information content (AvgIpc) is 2.79. The molecule has 3 N–H and O–H groups in total. The van der Waals surface area contributed by atoms with E-state index >= 15 is 0 Å². The number of hydrogen-bond acceptors (Lipinski definition) is 4. The smallest absolute Gasteiger partial charge is 0.370 e. The van der Waals surface area contributed by atoms with E-state index < -0.39 is 12.8 Å². The van der Waals surface area contributed by atoms with Crippen molar-refractivity contribution in [2.24, 2.45) is 5.84 Å². The summed E-state index contributed by atoms with van der Waals surface area (Å²) in [6.07, 6.45) is -3.79. The van der Waals surface area contributed by atoms with Gasteiger partial charge in [0.1, 0.15) is 6.61 Å². The second-order valence-corrected chi connectivity index (χ2v) is 5.37. The zero-order valence-electron chi connectivity index (χ0n) is 10.6. The van der Waals surface area contributed by atoms with Gasteiger partial charge in [-0.15, -0.1) is 11.3 Å². The Kier molecular flexibility index (Phi) is 4.98. The zero-order valence-corrected chi connectivity index (χ0v) is 11.4. The SMILES string of the molecule is NNC(COCC(F)(F)F)Cc1csc2ccccc12. The predicted molar refractivity (Wildman–Crippen MR) is 73.5 cm³/mol. The van der Waals surface area contributed by atoms with Crippen LogP contribution in [-0.4, -0.2) is 25.4 Å². The quantitative estimate of drug-likeness (QED) is 0.637. The molecule has 1 aromatic heterocycles. The van der Waals surface area contributed by atoms with Crippen molar-refractivity contribution in [2.75, 3.05) is 13.2 Å². The predicted octanol–water partition coefficient (Wildman–Crippen LogP) is 2.85. The standard InChI is InChI=1S/C13H15F3N2OS/c14-13(15,16)8-19-6-10(18-17)5-9-7-20-12-4-2-1-3-11(9)12/h1-4,7,10,18H,5-6,8,17H2. The molecule has 0 bridgehead atoms. The fourth-order valence-electron chi connectivity index (χ4n) is 1.94. The van der Waals surface area contributed by atoms with Crippen LogP contribution in [0.15, 0.2) is 29.6 Å². The lowest BCUT2D eigenvalue weighted by molar-refractivity contribution is -0.175. The van der Waals surface area contributed by atoms with Crippen LogP contribution in [0.2, 0.25) is 0 Å². The molecule has 1 atom stereocenters. The van der Waals surface area contributed by atoms with Gasteiger partial charge in [-0.05, 0) is 28.8 Å². The summed E-state index contributed by atoms with van der Waals surface area (Å²) in [6.45, 7) is -1.34. The Morgan fingerprint density at radius 3 is 2.75 bits per heavy atom. The van der Waals surface area contributed by atoms with Crippen LogP contribution in [-0.2, 0) is 11.2 Å². The number of ether oxygens (including phenoxy) is 1. The molecule has 0 aliphatic carbocycles. The molecule has 0 saturated carbocycles. The minimum absolute atomic E-state index is 0.0832. The van der Waals surface area contributed by atoms with Crippen LogP contribution in [0, 0.1) is 0 Å². The van der Waals surface area contributed by atoms with Gasteiger partial charge in [-0.3, -0.25) is 11.3 Å². The summed E-state index contributed by atoms with van der Waals surface area (Å²) in [5.74, 6) is 5.38. The molecule has 1 aromatic carbocycles. The second kappa shape index (κ2) is 6.53. The molecule has 0 saturated heterocycles. The molecule has 20 heavy (non-hydrogen) atoms. The van der Waals surface area contributed by atoms with Crippen LogP contribution in [0.25, 0.3) is 10.1 Å². The molecule has 0 fully saturated rings. The third kappa shape index (κ3) is 4.17. The summed E-state index contributed by atoms with van der Waals surface area (Å²) in [7, 11) is 0. The minimum atomic E-state index is -4.31. The first kappa shape index (κ1) is 15.2. The molecule has 1 heterocycles. The Morgan fingerprint density at radius 1 is 1.30 bits per heavy atom. The lowest BCUT2D eigenvalue weighted by Crippen LogP contribution is -2.41. The van der Waals surface area contributed by atoms with Gasteiger partial charge in [-0.1, -0.05) is 18.2 Å². The summed E-state index contributed by atoms with van der Waals surface area (Å²) in [6, 6.07) is 7.53. The molecule has 0 aliphatic rings. The fourth-order valence-corrected chi connectivity index (χ4v) is 2.91. The fraction of sp³-hybridized carbons (Fsp3) is 0.385. The largest absolute Gasteiger partial charge is 0.411 e. The number of nitrogens with one attached hydrogen (secondary N) is 1. The first-order valence-corrected chi connectivity index (χ1v) is 6.93. The second-order valence-electron chi connectivity index (χ2n) is 4.46. The van der Waals surface area contributed by atoms with Crippen LogP contribution in [0.1, 0.15) is 5.56 Å². The molecular weight excluding hydrogens is 289 g/mol. The number of nitrogens with two attached hydrogens (primary N) is 1. The van der Waals surface area contributed by atoms with E-state index in [4.69, 9.17) is 5.84 Å². The maximum Gasteiger partial charge on any atom is 0.411 e. The molecule has 3 nitrogen and oxygen atoms in total. The maximum absolute atomic E-state index is 12.0. The lowest BCUT2D eigenvalue weighted by Gasteiger charge is -2.16. The molecule has 0 spiro atoms. The number of fused-ring (bicyclic) bond motifs is 1. The molecule has 110 valence electrons. The van der Waals surface area contributed by atoms with Crippen LogP contribution >= 0.6 is 11.3 Å². The third-order valence-corrected chi connectivity index (χ3v) is 3.86. The van der Waals surface area contributed by atoms with Crippen molar-refractivity contribution in [1.29, 1.82) is 0 Å². The number of hydrogen-bond donors (Lipinski definition) is 2. The van der Waals surface area contributed by atoms with Gasteiger partial charge in [0.15, 0.2) is 0 Å². The minimum Gasteiger partial charge on any atom is -0.370 e. The summed E-state index contributed by atoms with van der Waals surface area (Å²) in [4.78, 5) is 0. The van der Waals surface area contributed by atoms with Crippen molar-refractivity contribution >= 4 is 21.4 Å². The number of halogens is 3. The number of thiophene rings is 1. The number of hydrazine groups is 1. The Balaban J connectivity index is 1.96. The van der Waals surface area contributed by atoms with Gasteiger partial charge in [0.25, 0.3) is 0 Å². The van der Waals surface area contributed by atoms with Crippen molar-refractivity contribution in [2.45, 2.75) is 18.6 Å². The van der Waals surface area contributed by atoms with Gasteiger partial charge in [0.2, 0.25) is 0 Å². The van der Waals surface area contributed by atoms with E-state index in [-0.39, 0.29) is 12.6 Å². The Labute approximate surface area is 118 Å². The molecule has 7 heteroatoms. The first-order valence-electron chi connectivity index (χ1n) is 6.05. The van der Waals surface area contributed by atoms with E-state index in [1.54, 1.807) is 11.3 Å². The van der Waals surface area contributed by atoms with Gasteiger partial charge in [-0.2, -0.15) is 13.2 Å². The Hall–Kier alpha value is -1.15. The highest BCUT2D eigenvalue weighted by Crippen LogP contribution is 2.26. The summed E-state index contributed by atoms with van der Waals surface area (Å²) < 4.78 is 41.9. The molecule has 2 aromatic rings. The van der Waals surface area contributed by atoms with Crippen LogP contribution in [0.5, 0.6) is 0 Å². The van der Waals surface area contributed by atoms with E-state index in [9.17, 15) is 13.2 Å². The lowest BCUT2D eigenvalue weighted by atomic mass is 10.1. The van der Waals surface area contributed by atoms with Gasteiger partial charge >= 0.3 is 6.18 Å². The van der Waals surface area contributed by atoms with Gasteiger partial charge < -0.3 is 4.74 Å². The van der Waals surface area contributed by atoms with E-state index in [0.29, 0.717) is 6.42 Å². The van der Waals surface area contributed by atoms with Crippen molar-refractivity contribution in [1.82, 2.24) is 5.43 Å². The number of rotatable bonds is 6. The Bertz CT molecular complexity index is 556. The number of benzene rings is 1. The van der Waals surface area contributed by atoms with Crippen molar-refractivity contribution in [3.05, 3.63) is 35.2 Å². The molecular formula is C13H15F3N2OS. The molecule has 0 radical (unpaired) electrons. The highest BCUT2D eigenvalue weighted by Gasteiger charge is 2.27. The third-order valence-electron chi connectivity index (χ3n) is 2.85. The van der Waals surface area contributed by atoms with Crippen LogP contribution in [0.4, 0.5) is 13.2 Å². The van der Waals surface area contributed by atoms with Crippen molar-refractivity contribution in [3.63, 3.8) is 0 Å². The van der Waals surface area contributed by atoms with Crippen LogP contribution < -0.4 is 11.3 Å². The summed E-state index contributed by atoms with van der Waals surface area (Å²) >= 11 is 1.61. The summed E-state index contributed by atoms with van der Waals surface area (Å²) in [5.41, 5.74) is 3.56. The normalized spacial score (nSPS) is 13.8. The van der Waals surface area contributed by atoms with Gasteiger partial charge in [0, 0.05) is 10.7 Å². The van der Waals surface area contributed by atoms with E-state index in [2.05, 4.69) is 10.2 Å². The summed E-state index contributed by atoms with van der Waals surface area (Å²) in [5, 5.41) is 3.10. The van der Waals surface area contributed by atoms with E-state index in [1.165, 1.54) is 0 Å². The monoisotopic (exact) mass is 304 g/mol. The van der Waals surface area contributed by atoms with Gasteiger partial charge in [0.05, 0.1) is 6.61 Å². The van der Waals surface area contributed by atoms with Crippen molar-refractivity contribution < 1.29 is 17.9 Å². The molecule has 0 amide bonds. The van der Waals surface area contributed by atoms with Crippen molar-refractivity contribution in [3.8, 4) is 0 Å².